The number of ether oxygens (including phenoxy) is 2. The standard InChI is InChI=1S/C23H30N2O4/c1-5-21(23(27)24-6-2)25(15-18-9-7-17(3)8-10-18)22(26)16-29-20-13-11-19(28-4)12-14-20/h7-14,21H,5-6,15-16H2,1-4H3,(H,24,27)/t21-/m1/s1. The second kappa shape index (κ2) is 11.1. The largest absolute Gasteiger partial charge is 0.497 e. The molecule has 2 rings (SSSR count). The van der Waals surface area contributed by atoms with Gasteiger partial charge in [-0.3, -0.25) is 9.59 Å². The fraction of sp³-hybridized carbons (Fsp3) is 0.391. The average molecular weight is 399 g/mol. The minimum Gasteiger partial charge on any atom is -0.497 e. The van der Waals surface area contributed by atoms with Crippen molar-refractivity contribution in [2.24, 2.45) is 0 Å². The third-order valence-electron chi connectivity index (χ3n) is 4.63. The normalized spacial score (nSPS) is 11.4. The molecule has 0 aliphatic heterocycles. The van der Waals surface area contributed by atoms with Crippen LogP contribution in [0.15, 0.2) is 48.5 Å². The first kappa shape index (κ1) is 22.3. The molecule has 0 saturated carbocycles. The molecular formula is C23H30N2O4. The average Bonchev–Trinajstić information content (AvgIpc) is 2.73. The topological polar surface area (TPSA) is 67.9 Å². The van der Waals surface area contributed by atoms with E-state index in [0.717, 1.165) is 11.1 Å². The molecule has 0 aromatic heterocycles. The minimum atomic E-state index is -0.553. The Bertz CT molecular complexity index is 788. The van der Waals surface area contributed by atoms with E-state index in [2.05, 4.69) is 5.32 Å². The van der Waals surface area contributed by atoms with Gasteiger partial charge in [-0.1, -0.05) is 36.8 Å². The Morgan fingerprint density at radius 3 is 2.17 bits per heavy atom. The van der Waals surface area contributed by atoms with Crippen LogP contribution in [0.4, 0.5) is 0 Å². The van der Waals surface area contributed by atoms with Crippen molar-refractivity contribution < 1.29 is 19.1 Å². The fourth-order valence-corrected chi connectivity index (χ4v) is 3.00. The molecule has 2 aromatic rings. The Morgan fingerprint density at radius 1 is 1.00 bits per heavy atom. The Labute approximate surface area is 172 Å². The highest BCUT2D eigenvalue weighted by molar-refractivity contribution is 5.88. The fourth-order valence-electron chi connectivity index (χ4n) is 3.00. The number of nitrogens with zero attached hydrogens (tertiary/aromatic N) is 1. The van der Waals surface area contributed by atoms with E-state index in [1.807, 2.05) is 45.0 Å². The van der Waals surface area contributed by atoms with Gasteiger partial charge in [0.15, 0.2) is 6.61 Å². The monoisotopic (exact) mass is 398 g/mol. The molecule has 29 heavy (non-hydrogen) atoms. The van der Waals surface area contributed by atoms with Gasteiger partial charge in [0.05, 0.1) is 7.11 Å². The van der Waals surface area contributed by atoms with Crippen molar-refractivity contribution in [1.29, 1.82) is 0 Å². The number of carbonyl (C=O) groups is 2. The van der Waals surface area contributed by atoms with Crippen LogP contribution in [0, 0.1) is 6.92 Å². The molecule has 0 spiro atoms. The summed E-state index contributed by atoms with van der Waals surface area (Å²) in [4.78, 5) is 27.2. The van der Waals surface area contributed by atoms with E-state index in [1.54, 1.807) is 36.3 Å². The third-order valence-corrected chi connectivity index (χ3v) is 4.63. The van der Waals surface area contributed by atoms with E-state index < -0.39 is 6.04 Å². The second-order valence-corrected chi connectivity index (χ2v) is 6.79. The number of aryl methyl sites for hydroxylation is 1. The van der Waals surface area contributed by atoms with Crippen LogP contribution in [0.5, 0.6) is 11.5 Å². The molecule has 0 unspecified atom stereocenters. The van der Waals surface area contributed by atoms with Gasteiger partial charge in [0.25, 0.3) is 5.91 Å². The summed E-state index contributed by atoms with van der Waals surface area (Å²) in [5.41, 5.74) is 2.11. The van der Waals surface area contributed by atoms with Crippen molar-refractivity contribution in [1.82, 2.24) is 10.2 Å². The molecule has 0 radical (unpaired) electrons. The number of hydrogen-bond acceptors (Lipinski definition) is 4. The number of amides is 2. The lowest BCUT2D eigenvalue weighted by Gasteiger charge is -2.30. The zero-order valence-corrected chi connectivity index (χ0v) is 17.6. The molecule has 0 fully saturated rings. The zero-order chi connectivity index (χ0) is 21.2. The number of nitrogens with one attached hydrogen (secondary N) is 1. The Balaban J connectivity index is 2.15. The van der Waals surface area contributed by atoms with E-state index in [1.165, 1.54) is 0 Å². The number of benzene rings is 2. The van der Waals surface area contributed by atoms with Crippen LogP contribution in [-0.4, -0.2) is 43.0 Å². The molecule has 0 aliphatic rings. The quantitative estimate of drug-likeness (QED) is 0.667. The molecule has 2 aromatic carbocycles. The Kier molecular flexibility index (Phi) is 8.52. The van der Waals surface area contributed by atoms with Gasteiger partial charge >= 0.3 is 0 Å². The van der Waals surface area contributed by atoms with Gasteiger partial charge in [-0.05, 0) is 50.1 Å². The molecular weight excluding hydrogens is 368 g/mol. The summed E-state index contributed by atoms with van der Waals surface area (Å²) in [7, 11) is 1.59. The smallest absolute Gasteiger partial charge is 0.261 e. The highest BCUT2D eigenvalue weighted by atomic mass is 16.5. The summed E-state index contributed by atoms with van der Waals surface area (Å²) < 4.78 is 10.8. The molecule has 156 valence electrons. The van der Waals surface area contributed by atoms with Crippen molar-refractivity contribution in [3.8, 4) is 11.5 Å². The summed E-state index contributed by atoms with van der Waals surface area (Å²) in [6.45, 7) is 6.50. The van der Waals surface area contributed by atoms with Crippen molar-refractivity contribution in [3.05, 3.63) is 59.7 Å². The SMILES string of the molecule is CCNC(=O)[C@@H](CC)N(Cc1ccc(C)cc1)C(=O)COc1ccc(OC)cc1. The number of carbonyl (C=O) groups excluding carboxylic acids is 2. The van der Waals surface area contributed by atoms with E-state index in [9.17, 15) is 9.59 Å². The zero-order valence-electron chi connectivity index (χ0n) is 17.6. The minimum absolute atomic E-state index is 0.145. The molecule has 0 aliphatic carbocycles. The maximum Gasteiger partial charge on any atom is 0.261 e. The van der Waals surface area contributed by atoms with Crippen molar-refractivity contribution >= 4 is 11.8 Å². The van der Waals surface area contributed by atoms with Gasteiger partial charge in [-0.15, -0.1) is 0 Å². The Hall–Kier alpha value is -3.02. The molecule has 6 nitrogen and oxygen atoms in total. The third kappa shape index (κ3) is 6.52. The van der Waals surface area contributed by atoms with Gasteiger partial charge in [0.2, 0.25) is 5.91 Å². The lowest BCUT2D eigenvalue weighted by molar-refractivity contribution is -0.142. The maximum absolute atomic E-state index is 13.0. The number of methoxy groups -OCH3 is 1. The van der Waals surface area contributed by atoms with Gasteiger partial charge in [0.1, 0.15) is 17.5 Å². The van der Waals surface area contributed by atoms with Crippen LogP contribution >= 0.6 is 0 Å². The second-order valence-electron chi connectivity index (χ2n) is 6.79. The summed E-state index contributed by atoms with van der Waals surface area (Å²) in [6.07, 6.45) is 0.520. The summed E-state index contributed by atoms with van der Waals surface area (Å²) in [6, 6.07) is 14.4. The molecule has 2 amide bonds. The van der Waals surface area contributed by atoms with Gasteiger partial charge < -0.3 is 19.7 Å². The van der Waals surface area contributed by atoms with E-state index >= 15 is 0 Å². The number of hydrogen-bond donors (Lipinski definition) is 1. The van der Waals surface area contributed by atoms with Crippen LogP contribution in [-0.2, 0) is 16.1 Å². The first-order valence-corrected chi connectivity index (χ1v) is 9.88. The van der Waals surface area contributed by atoms with Crippen molar-refractivity contribution in [3.63, 3.8) is 0 Å². The first-order chi connectivity index (χ1) is 14.0. The van der Waals surface area contributed by atoms with E-state index in [-0.39, 0.29) is 18.4 Å². The van der Waals surface area contributed by atoms with Crippen LogP contribution in [0.1, 0.15) is 31.4 Å². The molecule has 0 bridgehead atoms. The van der Waals surface area contributed by atoms with Crippen molar-refractivity contribution in [2.75, 3.05) is 20.3 Å². The van der Waals surface area contributed by atoms with Gasteiger partial charge in [-0.2, -0.15) is 0 Å². The van der Waals surface area contributed by atoms with E-state index in [4.69, 9.17) is 9.47 Å². The van der Waals surface area contributed by atoms with Gasteiger partial charge in [0, 0.05) is 13.1 Å². The summed E-state index contributed by atoms with van der Waals surface area (Å²) >= 11 is 0. The van der Waals surface area contributed by atoms with Crippen LogP contribution in [0.25, 0.3) is 0 Å². The highest BCUT2D eigenvalue weighted by Gasteiger charge is 2.28. The lowest BCUT2D eigenvalue weighted by Crippen LogP contribution is -2.50. The summed E-state index contributed by atoms with van der Waals surface area (Å²) in [5.74, 6) is 0.895. The summed E-state index contributed by atoms with van der Waals surface area (Å²) in [5, 5.41) is 2.83. The molecule has 1 N–H and O–H groups in total. The highest BCUT2D eigenvalue weighted by Crippen LogP contribution is 2.18. The van der Waals surface area contributed by atoms with Crippen LogP contribution < -0.4 is 14.8 Å². The molecule has 0 heterocycles. The van der Waals surface area contributed by atoms with Crippen LogP contribution in [0.2, 0.25) is 0 Å². The molecule has 6 heteroatoms. The molecule has 1 atom stereocenters. The van der Waals surface area contributed by atoms with Gasteiger partial charge in [-0.25, -0.2) is 0 Å². The van der Waals surface area contributed by atoms with Crippen molar-refractivity contribution in [2.45, 2.75) is 39.8 Å². The van der Waals surface area contributed by atoms with E-state index in [0.29, 0.717) is 31.0 Å². The number of likely N-dealkylation sites (N-methyl/N-ethyl adjacent to an activating group) is 1. The maximum atomic E-state index is 13.0. The predicted molar refractivity (Wildman–Crippen MR) is 113 cm³/mol. The number of rotatable bonds is 10. The Morgan fingerprint density at radius 2 is 1.62 bits per heavy atom. The lowest BCUT2D eigenvalue weighted by atomic mass is 10.1. The first-order valence-electron chi connectivity index (χ1n) is 9.88. The molecule has 0 saturated heterocycles. The predicted octanol–water partition coefficient (Wildman–Crippen LogP) is 3.33. The van der Waals surface area contributed by atoms with Crippen LogP contribution in [0.3, 0.4) is 0 Å².